The van der Waals surface area contributed by atoms with Gasteiger partial charge in [-0.1, -0.05) is 18.2 Å². The topological polar surface area (TPSA) is 102 Å². The first-order chi connectivity index (χ1) is 16.6. The molecule has 1 saturated heterocycles. The molecule has 9 nitrogen and oxygen atoms in total. The molecule has 1 heterocycles. The van der Waals surface area contributed by atoms with Crippen molar-refractivity contribution in [2.45, 2.75) is 117 Å². The fraction of sp³-hybridized carbons (Fsp3) is 0.714. The van der Waals surface area contributed by atoms with Crippen molar-refractivity contribution in [1.82, 2.24) is 9.80 Å². The van der Waals surface area contributed by atoms with Crippen LogP contribution in [-0.2, 0) is 23.8 Å². The van der Waals surface area contributed by atoms with E-state index in [1.54, 1.807) is 68.4 Å². The summed E-state index contributed by atoms with van der Waals surface area (Å²) >= 11 is 0. The molecule has 37 heavy (non-hydrogen) atoms. The SMILES string of the molecule is C=C[C@@H]1CC(C(=O)OC(C)(C)C)N(C(=O)OC(C)(C)C)C1CCC(=C)CN(C(C)=O)C(=O)OC(C)(C)C. The molecule has 3 amide bonds. The van der Waals surface area contributed by atoms with Gasteiger partial charge in [0.05, 0.1) is 6.54 Å². The molecule has 0 aliphatic carbocycles. The summed E-state index contributed by atoms with van der Waals surface area (Å²) < 4.78 is 16.6. The van der Waals surface area contributed by atoms with E-state index in [4.69, 9.17) is 14.2 Å². The first-order valence-corrected chi connectivity index (χ1v) is 12.7. The third kappa shape index (κ3) is 10.6. The number of amides is 3. The van der Waals surface area contributed by atoms with Crippen LogP contribution in [0.4, 0.5) is 9.59 Å². The van der Waals surface area contributed by atoms with Crippen LogP contribution in [0.25, 0.3) is 0 Å². The van der Waals surface area contributed by atoms with Gasteiger partial charge in [-0.3, -0.25) is 9.69 Å². The van der Waals surface area contributed by atoms with Crippen molar-refractivity contribution in [3.05, 3.63) is 24.8 Å². The van der Waals surface area contributed by atoms with Crippen molar-refractivity contribution >= 4 is 24.1 Å². The number of likely N-dealkylation sites (tertiary alicyclic amines) is 1. The molecule has 0 spiro atoms. The molecule has 0 bridgehead atoms. The van der Waals surface area contributed by atoms with Crippen molar-refractivity contribution in [2.75, 3.05) is 6.54 Å². The Labute approximate surface area is 222 Å². The second kappa shape index (κ2) is 12.1. The maximum atomic E-state index is 13.3. The molecule has 0 N–H and O–H groups in total. The lowest BCUT2D eigenvalue weighted by molar-refractivity contribution is -0.160. The minimum Gasteiger partial charge on any atom is -0.458 e. The molecule has 9 heteroatoms. The molecule has 1 aliphatic rings. The minimum absolute atomic E-state index is 0.0162. The normalized spacial score (nSPS) is 20.2. The first kappa shape index (κ1) is 32.2. The monoisotopic (exact) mass is 522 g/mol. The van der Waals surface area contributed by atoms with Gasteiger partial charge in [-0.2, -0.15) is 0 Å². The van der Waals surface area contributed by atoms with Gasteiger partial charge in [-0.05, 0) is 87.5 Å². The highest BCUT2D eigenvalue weighted by Gasteiger charge is 2.48. The van der Waals surface area contributed by atoms with Crippen LogP contribution in [0.3, 0.4) is 0 Å². The second-order valence-corrected chi connectivity index (χ2v) is 12.5. The molecule has 1 rings (SSSR count). The second-order valence-electron chi connectivity index (χ2n) is 12.5. The van der Waals surface area contributed by atoms with Gasteiger partial charge in [0.2, 0.25) is 5.91 Å². The van der Waals surface area contributed by atoms with E-state index in [1.165, 1.54) is 11.8 Å². The molecular weight excluding hydrogens is 476 g/mol. The van der Waals surface area contributed by atoms with Crippen LogP contribution < -0.4 is 0 Å². The molecule has 0 aromatic heterocycles. The first-order valence-electron chi connectivity index (χ1n) is 12.7. The zero-order chi connectivity index (χ0) is 28.9. The summed E-state index contributed by atoms with van der Waals surface area (Å²) in [6.07, 6.45) is 1.55. The van der Waals surface area contributed by atoms with E-state index >= 15 is 0 Å². The maximum Gasteiger partial charge on any atom is 0.417 e. The quantitative estimate of drug-likeness (QED) is 0.243. The van der Waals surface area contributed by atoms with Crippen molar-refractivity contribution in [1.29, 1.82) is 0 Å². The van der Waals surface area contributed by atoms with Crippen LogP contribution in [0.15, 0.2) is 24.8 Å². The Balaban J connectivity index is 3.13. The van der Waals surface area contributed by atoms with Crippen LogP contribution in [0, 0.1) is 5.92 Å². The van der Waals surface area contributed by atoms with Gasteiger partial charge in [0, 0.05) is 13.0 Å². The summed E-state index contributed by atoms with van der Waals surface area (Å²) in [6.45, 7) is 25.0. The number of ether oxygens (including phenoxy) is 3. The average molecular weight is 523 g/mol. The molecule has 0 aromatic rings. The number of nitrogens with zero attached hydrogens (tertiary/aromatic N) is 2. The Morgan fingerprint density at radius 1 is 0.919 bits per heavy atom. The molecule has 210 valence electrons. The Morgan fingerprint density at radius 3 is 1.86 bits per heavy atom. The molecule has 0 radical (unpaired) electrons. The van der Waals surface area contributed by atoms with Crippen LogP contribution >= 0.6 is 0 Å². The molecule has 1 aliphatic heterocycles. The average Bonchev–Trinajstić information content (AvgIpc) is 3.05. The number of imide groups is 1. The molecule has 0 aromatic carbocycles. The number of carbonyl (C=O) groups excluding carboxylic acids is 4. The highest BCUT2D eigenvalue weighted by Crippen LogP contribution is 2.36. The van der Waals surface area contributed by atoms with E-state index in [9.17, 15) is 19.2 Å². The smallest absolute Gasteiger partial charge is 0.417 e. The Hall–Kier alpha value is -2.84. The van der Waals surface area contributed by atoms with Gasteiger partial charge in [-0.25, -0.2) is 19.3 Å². The third-order valence-electron chi connectivity index (χ3n) is 5.44. The lowest BCUT2D eigenvalue weighted by Crippen LogP contribution is -2.49. The van der Waals surface area contributed by atoms with Crippen LogP contribution in [0.5, 0.6) is 0 Å². The maximum absolute atomic E-state index is 13.3. The zero-order valence-electron chi connectivity index (χ0n) is 24.3. The van der Waals surface area contributed by atoms with E-state index in [0.717, 1.165) is 4.90 Å². The van der Waals surface area contributed by atoms with Gasteiger partial charge < -0.3 is 14.2 Å². The number of rotatable bonds is 7. The van der Waals surface area contributed by atoms with E-state index < -0.39 is 52.9 Å². The number of carbonyl (C=O) groups is 4. The molecule has 0 saturated carbocycles. The summed E-state index contributed by atoms with van der Waals surface area (Å²) in [5, 5.41) is 0. The lowest BCUT2D eigenvalue weighted by atomic mass is 9.94. The third-order valence-corrected chi connectivity index (χ3v) is 5.44. The summed E-state index contributed by atoms with van der Waals surface area (Å²) in [4.78, 5) is 53.4. The summed E-state index contributed by atoms with van der Waals surface area (Å²) in [5.41, 5.74) is -1.62. The predicted molar refractivity (Wildman–Crippen MR) is 142 cm³/mol. The van der Waals surface area contributed by atoms with Gasteiger partial charge in [0.1, 0.15) is 22.8 Å². The highest BCUT2D eigenvalue weighted by molar-refractivity contribution is 5.91. The van der Waals surface area contributed by atoms with Gasteiger partial charge in [-0.15, -0.1) is 6.58 Å². The summed E-state index contributed by atoms with van der Waals surface area (Å²) in [5.74, 6) is -1.15. The van der Waals surface area contributed by atoms with E-state index in [2.05, 4.69) is 13.2 Å². The van der Waals surface area contributed by atoms with E-state index in [0.29, 0.717) is 24.8 Å². The lowest BCUT2D eigenvalue weighted by Gasteiger charge is -2.34. The van der Waals surface area contributed by atoms with Crippen molar-refractivity contribution in [2.24, 2.45) is 5.92 Å². The number of hydrogen-bond donors (Lipinski definition) is 0. The van der Waals surface area contributed by atoms with Crippen molar-refractivity contribution in [3.8, 4) is 0 Å². The highest BCUT2D eigenvalue weighted by atomic mass is 16.6. The summed E-state index contributed by atoms with van der Waals surface area (Å²) in [7, 11) is 0. The Morgan fingerprint density at radius 2 is 1.43 bits per heavy atom. The van der Waals surface area contributed by atoms with Gasteiger partial charge >= 0.3 is 18.2 Å². The van der Waals surface area contributed by atoms with Crippen LogP contribution in [0.1, 0.15) is 88.5 Å². The van der Waals surface area contributed by atoms with Gasteiger partial charge in [0.25, 0.3) is 0 Å². The van der Waals surface area contributed by atoms with Crippen LogP contribution in [0.2, 0.25) is 0 Å². The van der Waals surface area contributed by atoms with E-state index in [1.807, 2.05) is 0 Å². The molecule has 3 atom stereocenters. The van der Waals surface area contributed by atoms with Crippen LogP contribution in [-0.4, -0.2) is 69.3 Å². The minimum atomic E-state index is -0.828. The summed E-state index contributed by atoms with van der Waals surface area (Å²) in [6, 6.07) is -1.24. The predicted octanol–water partition coefficient (Wildman–Crippen LogP) is 5.63. The Bertz CT molecular complexity index is 890. The molecule has 1 fully saturated rings. The van der Waals surface area contributed by atoms with Gasteiger partial charge in [0.15, 0.2) is 0 Å². The molecule has 2 unspecified atom stereocenters. The number of esters is 1. The number of hydrogen-bond acceptors (Lipinski definition) is 7. The van der Waals surface area contributed by atoms with Crippen molar-refractivity contribution in [3.63, 3.8) is 0 Å². The largest absolute Gasteiger partial charge is 0.458 e. The van der Waals surface area contributed by atoms with Crippen molar-refractivity contribution < 1.29 is 33.4 Å². The fourth-order valence-electron chi connectivity index (χ4n) is 4.01. The Kier molecular flexibility index (Phi) is 10.6. The zero-order valence-corrected chi connectivity index (χ0v) is 24.3. The fourth-order valence-corrected chi connectivity index (χ4v) is 4.01. The molecular formula is C28H46N2O7. The van der Waals surface area contributed by atoms with E-state index in [-0.39, 0.29) is 12.5 Å². The standard InChI is InChI=1S/C28H46N2O7/c1-13-20-16-22(23(32)35-26(4,5)6)30(25(34)37-28(10,11)12)21(20)15-14-18(2)17-29(19(3)31)24(33)36-27(7,8)9/h13,20-22H,1-2,14-17H2,3-12H3/t20-,21?,22?/m1/s1.